The van der Waals surface area contributed by atoms with Crippen LogP contribution in [0.15, 0.2) is 174 Å². The zero-order valence-electron chi connectivity index (χ0n) is 24.5. The van der Waals surface area contributed by atoms with Gasteiger partial charge >= 0.3 is 0 Å². The van der Waals surface area contributed by atoms with E-state index in [1.807, 2.05) is 12.1 Å². The molecular formula is C42H28N2O. The third-order valence-electron chi connectivity index (χ3n) is 8.78. The Labute approximate surface area is 260 Å². The maximum Gasteiger partial charge on any atom is 0.159 e. The van der Waals surface area contributed by atoms with Gasteiger partial charge in [0.2, 0.25) is 0 Å². The van der Waals surface area contributed by atoms with Crippen molar-refractivity contribution < 1.29 is 4.42 Å². The molecule has 2 aromatic heterocycles. The number of hydrogen-bond acceptors (Lipinski definition) is 2. The van der Waals surface area contributed by atoms with Gasteiger partial charge in [-0.3, -0.25) is 0 Å². The average Bonchev–Trinajstić information content (AvgIpc) is 3.66. The van der Waals surface area contributed by atoms with Crippen LogP contribution in [-0.2, 0) is 0 Å². The summed E-state index contributed by atoms with van der Waals surface area (Å²) < 4.78 is 9.01. The van der Waals surface area contributed by atoms with E-state index in [0.29, 0.717) is 0 Å². The first-order valence-corrected chi connectivity index (χ1v) is 15.3. The molecule has 212 valence electrons. The SMILES string of the molecule is c1ccc(-c2ccccc2N(c2ccc3c4ccccc4n(-c4ccccc4)c3c2)c2cccc3c2oc2ccccc23)cc1. The van der Waals surface area contributed by atoms with Crippen LogP contribution in [-0.4, -0.2) is 4.57 Å². The minimum Gasteiger partial charge on any atom is -0.454 e. The molecule has 0 spiro atoms. The molecule has 0 N–H and O–H groups in total. The predicted molar refractivity (Wildman–Crippen MR) is 188 cm³/mol. The Hall–Kier alpha value is -6.06. The van der Waals surface area contributed by atoms with Crippen molar-refractivity contribution in [3.05, 3.63) is 170 Å². The molecule has 0 amide bonds. The smallest absolute Gasteiger partial charge is 0.159 e. The van der Waals surface area contributed by atoms with E-state index >= 15 is 0 Å². The molecule has 0 aliphatic heterocycles. The number of furan rings is 1. The first-order chi connectivity index (χ1) is 22.3. The molecule has 9 aromatic rings. The Bertz CT molecular complexity index is 2490. The number of hydrogen-bond donors (Lipinski definition) is 0. The molecular weight excluding hydrogens is 548 g/mol. The van der Waals surface area contributed by atoms with Crippen LogP contribution in [0.3, 0.4) is 0 Å². The Morgan fingerprint density at radius 3 is 1.96 bits per heavy atom. The fourth-order valence-electron chi connectivity index (χ4n) is 6.80. The van der Waals surface area contributed by atoms with Gasteiger partial charge in [0.15, 0.2) is 5.58 Å². The van der Waals surface area contributed by atoms with E-state index in [9.17, 15) is 0 Å². The van der Waals surface area contributed by atoms with Gasteiger partial charge < -0.3 is 13.9 Å². The number of rotatable bonds is 5. The molecule has 0 unspecified atom stereocenters. The lowest BCUT2D eigenvalue weighted by Gasteiger charge is -2.28. The highest BCUT2D eigenvalue weighted by molar-refractivity contribution is 6.13. The zero-order valence-corrected chi connectivity index (χ0v) is 24.5. The molecule has 0 atom stereocenters. The van der Waals surface area contributed by atoms with Crippen LogP contribution in [0, 0.1) is 0 Å². The normalized spacial score (nSPS) is 11.6. The number of para-hydroxylation sites is 5. The highest BCUT2D eigenvalue weighted by Gasteiger charge is 2.23. The van der Waals surface area contributed by atoms with Crippen LogP contribution < -0.4 is 4.90 Å². The van der Waals surface area contributed by atoms with E-state index in [-0.39, 0.29) is 0 Å². The van der Waals surface area contributed by atoms with E-state index < -0.39 is 0 Å². The van der Waals surface area contributed by atoms with Crippen molar-refractivity contribution >= 4 is 60.8 Å². The van der Waals surface area contributed by atoms with E-state index in [2.05, 4.69) is 167 Å². The molecule has 0 aliphatic rings. The summed E-state index contributed by atoms with van der Waals surface area (Å²) in [4.78, 5) is 2.36. The standard InChI is InChI=1S/C42H28N2O/c1-3-14-29(15-4-1)32-18-7-10-22-37(32)44(39-24-13-21-36-35-20-9-12-25-41(35)45-42(36)39)31-26-27-34-33-19-8-11-23-38(33)43(40(34)28-31)30-16-5-2-6-17-30/h1-28H. The van der Waals surface area contributed by atoms with Crippen LogP contribution in [0.4, 0.5) is 17.1 Å². The summed E-state index contributed by atoms with van der Waals surface area (Å²) in [6.07, 6.45) is 0. The van der Waals surface area contributed by atoms with Gasteiger partial charge in [-0.25, -0.2) is 0 Å². The summed E-state index contributed by atoms with van der Waals surface area (Å²) in [6.45, 7) is 0. The minimum absolute atomic E-state index is 0.866. The molecule has 3 nitrogen and oxygen atoms in total. The minimum atomic E-state index is 0.866. The highest BCUT2D eigenvalue weighted by atomic mass is 16.3. The van der Waals surface area contributed by atoms with Crippen molar-refractivity contribution in [1.29, 1.82) is 0 Å². The monoisotopic (exact) mass is 576 g/mol. The average molecular weight is 577 g/mol. The second kappa shape index (κ2) is 10.3. The molecule has 0 saturated carbocycles. The third kappa shape index (κ3) is 4.05. The van der Waals surface area contributed by atoms with Crippen molar-refractivity contribution in [3.63, 3.8) is 0 Å². The van der Waals surface area contributed by atoms with Crippen molar-refractivity contribution in [2.24, 2.45) is 0 Å². The Morgan fingerprint density at radius 1 is 0.444 bits per heavy atom. The number of nitrogens with zero attached hydrogens (tertiary/aromatic N) is 2. The summed E-state index contributed by atoms with van der Waals surface area (Å²) in [7, 11) is 0. The Kier molecular flexibility index (Phi) is 5.82. The largest absolute Gasteiger partial charge is 0.454 e. The van der Waals surface area contributed by atoms with Crippen LogP contribution in [0.2, 0.25) is 0 Å². The molecule has 3 heteroatoms. The van der Waals surface area contributed by atoms with Crippen molar-refractivity contribution in [2.75, 3.05) is 4.90 Å². The van der Waals surface area contributed by atoms with E-state index in [4.69, 9.17) is 4.42 Å². The lowest BCUT2D eigenvalue weighted by atomic mass is 10.0. The number of fused-ring (bicyclic) bond motifs is 6. The van der Waals surface area contributed by atoms with Gasteiger partial charge in [0.1, 0.15) is 5.58 Å². The van der Waals surface area contributed by atoms with Crippen molar-refractivity contribution in [1.82, 2.24) is 4.57 Å². The topological polar surface area (TPSA) is 21.3 Å². The van der Waals surface area contributed by atoms with Gasteiger partial charge in [-0.05, 0) is 54.1 Å². The molecule has 2 heterocycles. The lowest BCUT2D eigenvalue weighted by Crippen LogP contribution is -2.11. The Morgan fingerprint density at radius 2 is 1.09 bits per heavy atom. The fraction of sp³-hybridized carbons (Fsp3) is 0. The molecule has 9 rings (SSSR count). The Balaban J connectivity index is 1.37. The molecule has 7 aromatic carbocycles. The number of anilines is 3. The van der Waals surface area contributed by atoms with Gasteiger partial charge in [-0.1, -0.05) is 121 Å². The van der Waals surface area contributed by atoms with E-state index in [1.54, 1.807) is 0 Å². The van der Waals surface area contributed by atoms with E-state index in [0.717, 1.165) is 61.3 Å². The summed E-state index contributed by atoms with van der Waals surface area (Å²) >= 11 is 0. The first-order valence-electron chi connectivity index (χ1n) is 15.3. The lowest BCUT2D eigenvalue weighted by molar-refractivity contribution is 0.669. The quantitative estimate of drug-likeness (QED) is 0.203. The van der Waals surface area contributed by atoms with Gasteiger partial charge in [-0.15, -0.1) is 0 Å². The maximum atomic E-state index is 6.63. The van der Waals surface area contributed by atoms with Crippen molar-refractivity contribution in [3.8, 4) is 16.8 Å². The molecule has 0 fully saturated rings. The number of benzene rings is 7. The van der Waals surface area contributed by atoms with Gasteiger partial charge in [-0.2, -0.15) is 0 Å². The summed E-state index contributed by atoms with van der Waals surface area (Å²) in [5.41, 5.74) is 10.7. The second-order valence-corrected chi connectivity index (χ2v) is 11.4. The van der Waals surface area contributed by atoms with Crippen LogP contribution >= 0.6 is 0 Å². The first kappa shape index (κ1) is 25.4. The third-order valence-corrected chi connectivity index (χ3v) is 8.78. The number of aromatic nitrogens is 1. The molecule has 0 saturated heterocycles. The predicted octanol–water partition coefficient (Wildman–Crippen LogP) is 11.8. The highest BCUT2D eigenvalue weighted by Crippen LogP contribution is 2.46. The molecule has 45 heavy (non-hydrogen) atoms. The summed E-state index contributed by atoms with van der Waals surface area (Å²) in [5.74, 6) is 0. The van der Waals surface area contributed by atoms with Gasteiger partial charge in [0, 0.05) is 38.5 Å². The van der Waals surface area contributed by atoms with Crippen molar-refractivity contribution in [2.45, 2.75) is 0 Å². The van der Waals surface area contributed by atoms with Crippen LogP contribution in [0.25, 0.3) is 60.6 Å². The van der Waals surface area contributed by atoms with E-state index in [1.165, 1.54) is 16.3 Å². The zero-order chi connectivity index (χ0) is 29.7. The maximum absolute atomic E-state index is 6.63. The van der Waals surface area contributed by atoms with Gasteiger partial charge in [0.25, 0.3) is 0 Å². The summed E-state index contributed by atoms with van der Waals surface area (Å²) in [5, 5.41) is 4.67. The van der Waals surface area contributed by atoms with Crippen LogP contribution in [0.1, 0.15) is 0 Å². The second-order valence-electron chi connectivity index (χ2n) is 11.4. The molecule has 0 radical (unpaired) electrons. The molecule has 0 aliphatic carbocycles. The van der Waals surface area contributed by atoms with Crippen LogP contribution in [0.5, 0.6) is 0 Å². The molecule has 0 bridgehead atoms. The van der Waals surface area contributed by atoms with Gasteiger partial charge in [0.05, 0.1) is 22.4 Å². The summed E-state index contributed by atoms with van der Waals surface area (Å²) in [6, 6.07) is 60.1. The fourth-order valence-corrected chi connectivity index (χ4v) is 6.80.